The molecule has 1 atom stereocenters. The van der Waals surface area contributed by atoms with Gasteiger partial charge in [-0.05, 0) is 20.8 Å². The van der Waals surface area contributed by atoms with E-state index in [4.69, 9.17) is 19.5 Å². The maximum Gasteiger partial charge on any atom is 0.356 e. The lowest BCUT2D eigenvalue weighted by Gasteiger charge is -2.20. The number of nitrogen functional groups attached to an aromatic ring is 1. The van der Waals surface area contributed by atoms with Gasteiger partial charge in [0.05, 0.1) is 32.2 Å². The van der Waals surface area contributed by atoms with E-state index in [2.05, 4.69) is 15.0 Å². The van der Waals surface area contributed by atoms with E-state index in [9.17, 15) is 4.57 Å². The van der Waals surface area contributed by atoms with E-state index in [1.165, 1.54) is 6.33 Å². The molecule has 0 aliphatic heterocycles. The van der Waals surface area contributed by atoms with Gasteiger partial charge in [-0.2, -0.15) is 0 Å². The van der Waals surface area contributed by atoms with Crippen molar-refractivity contribution in [2.24, 2.45) is 0 Å². The Labute approximate surface area is 134 Å². The normalized spacial score (nSPS) is 13.5. The highest BCUT2D eigenvalue weighted by Crippen LogP contribution is 2.48. The first-order chi connectivity index (χ1) is 11.0. The predicted octanol–water partition coefficient (Wildman–Crippen LogP) is 2.04. The van der Waals surface area contributed by atoms with Crippen molar-refractivity contribution < 1.29 is 18.3 Å². The molecule has 128 valence electrons. The Kier molecular flexibility index (Phi) is 6.06. The molecule has 9 nitrogen and oxygen atoms in total. The van der Waals surface area contributed by atoms with Crippen LogP contribution in [0.25, 0.3) is 11.2 Å². The van der Waals surface area contributed by atoms with Gasteiger partial charge in [0.1, 0.15) is 18.2 Å². The average molecular weight is 348 g/mol. The van der Waals surface area contributed by atoms with Crippen molar-refractivity contribution in [3.05, 3.63) is 12.7 Å². The molecule has 2 aromatic rings. The monoisotopic (exact) mass is 348 g/mol. The van der Waals surface area contributed by atoms with Crippen LogP contribution in [0.4, 0.5) is 5.82 Å². The molecule has 2 N–H and O–H groups in total. The van der Waals surface area contributed by atoms with Gasteiger partial charge >= 0.3 is 7.60 Å². The highest BCUT2D eigenvalue weighted by Gasteiger charge is 2.25. The smallest absolute Gasteiger partial charge is 0.356 e. The fourth-order valence-corrected chi connectivity index (χ4v) is 3.53. The SMILES string of the molecule is CCOP(=O)(COC(C)Cn1[13cH]n[13c]2[13c](N)n[13cH]n[13c]21)OCC. The van der Waals surface area contributed by atoms with Crippen molar-refractivity contribution in [2.45, 2.75) is 33.4 Å². The fourth-order valence-electron chi connectivity index (χ4n) is 2.09. The summed E-state index contributed by atoms with van der Waals surface area (Å²) in [5.74, 6) is 0.333. The summed E-state index contributed by atoms with van der Waals surface area (Å²) in [5.41, 5.74) is 6.93. The third-order valence-corrected chi connectivity index (χ3v) is 4.82. The van der Waals surface area contributed by atoms with Crippen molar-refractivity contribution in [3.8, 4) is 0 Å². The maximum atomic E-state index is 12.4. The van der Waals surface area contributed by atoms with Crippen molar-refractivity contribution in [2.75, 3.05) is 25.3 Å². The van der Waals surface area contributed by atoms with E-state index in [1.54, 1.807) is 20.2 Å². The lowest BCUT2D eigenvalue weighted by atomic mass is 10.4. The summed E-state index contributed by atoms with van der Waals surface area (Å²) in [6.45, 7) is 6.46. The van der Waals surface area contributed by atoms with Crippen LogP contribution in [-0.4, -0.2) is 45.2 Å². The minimum Gasteiger partial charge on any atom is -0.382 e. The Morgan fingerprint density at radius 3 is 2.61 bits per heavy atom. The number of aromatic nitrogens is 4. The van der Waals surface area contributed by atoms with Gasteiger partial charge in [0.15, 0.2) is 11.5 Å². The molecule has 0 amide bonds. The molecule has 0 bridgehead atoms. The molecular formula is C13H22N5O4P. The first kappa shape index (κ1) is 17.8. The molecule has 0 saturated carbocycles. The summed E-state index contributed by atoms with van der Waals surface area (Å²) in [4.78, 5) is 12.3. The summed E-state index contributed by atoms with van der Waals surface area (Å²) < 4.78 is 30.2. The quantitative estimate of drug-likeness (QED) is 0.685. The molecule has 0 radical (unpaired) electrons. The number of rotatable bonds is 9. The number of nitrogens with two attached hydrogens (primary N) is 1. The zero-order valence-corrected chi connectivity index (χ0v) is 14.4. The zero-order chi connectivity index (χ0) is 16.9. The van der Waals surface area contributed by atoms with Crippen LogP contribution >= 0.6 is 7.60 Å². The van der Waals surface area contributed by atoms with Crippen LogP contribution in [0.2, 0.25) is 0 Å². The van der Waals surface area contributed by atoms with Crippen LogP contribution in [0.5, 0.6) is 0 Å². The third kappa shape index (κ3) is 4.48. The first-order valence-electron chi connectivity index (χ1n) is 7.40. The number of fused-ring (bicyclic) bond motifs is 1. The highest BCUT2D eigenvalue weighted by atomic mass is 31.2. The standard InChI is InChI=1S/C13H22N5O4P/c1-4-21-23(19,22-5-2)9-20-10(3)6-18-8-17-11-12(14)15-7-16-13(11)18/h7-8,10H,4-6,9H2,1-3H3,(H2,14,15,16)/i7+1,8+1,11+1,12+1,13+1. The zero-order valence-electron chi connectivity index (χ0n) is 13.5. The molecule has 0 spiro atoms. The molecule has 0 saturated heterocycles. The number of hydrogen-bond acceptors (Lipinski definition) is 8. The third-order valence-electron chi connectivity index (χ3n) is 3.05. The van der Waals surface area contributed by atoms with E-state index in [0.717, 1.165) is 0 Å². The van der Waals surface area contributed by atoms with Gasteiger partial charge in [0.25, 0.3) is 0 Å². The Bertz CT molecular complexity index is 682. The van der Waals surface area contributed by atoms with Crippen LogP contribution in [0.3, 0.4) is 0 Å². The second kappa shape index (κ2) is 7.83. The Morgan fingerprint density at radius 2 is 1.96 bits per heavy atom. The second-order valence-electron chi connectivity index (χ2n) is 4.88. The molecule has 2 aromatic heterocycles. The van der Waals surface area contributed by atoms with Gasteiger partial charge < -0.3 is 24.1 Å². The van der Waals surface area contributed by atoms with Gasteiger partial charge in [-0.3, -0.25) is 4.57 Å². The van der Waals surface area contributed by atoms with Crippen LogP contribution in [0, 0.1) is 0 Å². The topological polar surface area (TPSA) is 114 Å². The Hall–Kier alpha value is -1.54. The Morgan fingerprint density at radius 1 is 1.26 bits per heavy atom. The molecule has 2 heterocycles. The Balaban J connectivity index is 2.00. The van der Waals surface area contributed by atoms with Crippen LogP contribution in [-0.2, 0) is 24.9 Å². The number of imidazole rings is 1. The fraction of sp³-hybridized carbons (Fsp3) is 0.615. The predicted molar refractivity (Wildman–Crippen MR) is 86.0 cm³/mol. The summed E-state index contributed by atoms with van der Waals surface area (Å²) >= 11 is 0. The molecule has 2 rings (SSSR count). The van der Waals surface area contributed by atoms with Crippen molar-refractivity contribution in [3.63, 3.8) is 0 Å². The van der Waals surface area contributed by atoms with Crippen LogP contribution in [0.1, 0.15) is 20.8 Å². The minimum atomic E-state index is -3.21. The van der Waals surface area contributed by atoms with Gasteiger partial charge in [-0.25, -0.2) is 15.0 Å². The van der Waals surface area contributed by atoms with Crippen molar-refractivity contribution >= 4 is 24.6 Å². The van der Waals surface area contributed by atoms with Crippen LogP contribution < -0.4 is 5.73 Å². The van der Waals surface area contributed by atoms with E-state index in [1.807, 2.05) is 11.5 Å². The lowest BCUT2D eigenvalue weighted by molar-refractivity contribution is 0.0672. The molecule has 10 heteroatoms. The number of nitrogens with zero attached hydrogens (tertiary/aromatic N) is 4. The van der Waals surface area contributed by atoms with Crippen LogP contribution in [0.15, 0.2) is 12.7 Å². The largest absolute Gasteiger partial charge is 0.382 e. The molecule has 0 fully saturated rings. The minimum absolute atomic E-state index is 0.0976. The molecule has 0 aliphatic carbocycles. The second-order valence-corrected chi connectivity index (χ2v) is 6.88. The van der Waals surface area contributed by atoms with E-state index >= 15 is 0 Å². The number of hydrogen-bond donors (Lipinski definition) is 1. The highest BCUT2D eigenvalue weighted by molar-refractivity contribution is 7.53. The van der Waals surface area contributed by atoms with Crippen molar-refractivity contribution in [1.82, 2.24) is 19.5 Å². The summed E-state index contributed by atoms with van der Waals surface area (Å²) in [7, 11) is -3.21. The van der Waals surface area contributed by atoms with Crippen molar-refractivity contribution in [1.29, 1.82) is 0 Å². The number of ether oxygens (including phenoxy) is 1. The van der Waals surface area contributed by atoms with Gasteiger partial charge in [0, 0.05) is 0 Å². The molecule has 0 aliphatic rings. The van der Waals surface area contributed by atoms with Gasteiger partial charge in [-0.15, -0.1) is 0 Å². The van der Waals surface area contributed by atoms with E-state index < -0.39 is 7.60 Å². The maximum absolute atomic E-state index is 12.4. The summed E-state index contributed by atoms with van der Waals surface area (Å²) in [5, 5.41) is 0. The van der Waals surface area contributed by atoms with E-state index in [-0.39, 0.29) is 12.5 Å². The summed E-state index contributed by atoms with van der Waals surface area (Å²) in [6.07, 6.45) is 2.68. The average Bonchev–Trinajstić information content (AvgIpc) is 2.91. The molecule has 0 aromatic carbocycles. The van der Waals surface area contributed by atoms with E-state index in [0.29, 0.717) is 36.7 Å². The number of anilines is 1. The molecule has 23 heavy (non-hydrogen) atoms. The summed E-state index contributed by atoms with van der Waals surface area (Å²) in [6, 6.07) is 0. The lowest BCUT2D eigenvalue weighted by Crippen LogP contribution is -2.18. The molecule has 1 unspecified atom stereocenters. The first-order valence-corrected chi connectivity index (χ1v) is 9.13. The van der Waals surface area contributed by atoms with Gasteiger partial charge in [0.2, 0.25) is 0 Å². The van der Waals surface area contributed by atoms with Gasteiger partial charge in [-0.1, -0.05) is 0 Å². The molecular weight excluding hydrogens is 326 g/mol.